The first-order chi connectivity index (χ1) is 17.7. The SMILES string of the molecule is Cc1cncc2c(S(=O)(=O)N3CC[C@@H](NC(=O)C(O)c4ccc(Br)cc4)C3)cccc12.O=C(O)C(F)(F)F. The van der Waals surface area contributed by atoms with Crippen LogP contribution in [0.3, 0.4) is 0 Å². The number of rotatable bonds is 5. The number of halogens is 4. The van der Waals surface area contributed by atoms with E-state index in [1.807, 2.05) is 13.0 Å². The number of carboxylic acids is 1. The van der Waals surface area contributed by atoms with Crippen LogP contribution in [-0.4, -0.2) is 65.1 Å². The Morgan fingerprint density at radius 3 is 2.37 bits per heavy atom. The third-order valence-electron chi connectivity index (χ3n) is 5.75. The second kappa shape index (κ2) is 11.8. The van der Waals surface area contributed by atoms with Crippen molar-refractivity contribution in [2.75, 3.05) is 13.1 Å². The van der Waals surface area contributed by atoms with Crippen molar-refractivity contribution in [3.8, 4) is 0 Å². The smallest absolute Gasteiger partial charge is 0.475 e. The van der Waals surface area contributed by atoms with E-state index in [2.05, 4.69) is 26.2 Å². The van der Waals surface area contributed by atoms with Gasteiger partial charge < -0.3 is 15.5 Å². The van der Waals surface area contributed by atoms with Crippen LogP contribution in [0.15, 0.2) is 64.2 Å². The van der Waals surface area contributed by atoms with Gasteiger partial charge in [-0.15, -0.1) is 0 Å². The molecule has 0 bridgehead atoms. The molecule has 0 aliphatic carbocycles. The van der Waals surface area contributed by atoms with Gasteiger partial charge in [-0.05, 0) is 48.1 Å². The number of amides is 1. The van der Waals surface area contributed by atoms with E-state index in [1.54, 1.807) is 48.8 Å². The largest absolute Gasteiger partial charge is 0.490 e. The van der Waals surface area contributed by atoms with Crippen molar-refractivity contribution in [2.45, 2.75) is 36.6 Å². The van der Waals surface area contributed by atoms with Crippen molar-refractivity contribution in [1.29, 1.82) is 0 Å². The van der Waals surface area contributed by atoms with Crippen LogP contribution >= 0.6 is 15.9 Å². The van der Waals surface area contributed by atoms with E-state index in [4.69, 9.17) is 9.90 Å². The number of nitrogens with one attached hydrogen (secondary N) is 1. The van der Waals surface area contributed by atoms with E-state index in [-0.39, 0.29) is 24.0 Å². The number of sulfonamides is 1. The maximum Gasteiger partial charge on any atom is 0.490 e. The summed E-state index contributed by atoms with van der Waals surface area (Å²) >= 11 is 3.32. The lowest BCUT2D eigenvalue weighted by Crippen LogP contribution is -2.40. The molecule has 0 spiro atoms. The van der Waals surface area contributed by atoms with Crippen molar-refractivity contribution < 1.29 is 41.4 Å². The van der Waals surface area contributed by atoms with Crippen LogP contribution < -0.4 is 5.32 Å². The number of aromatic nitrogens is 1. The van der Waals surface area contributed by atoms with Crippen LogP contribution in [0.1, 0.15) is 23.7 Å². The highest BCUT2D eigenvalue weighted by Gasteiger charge is 2.38. The van der Waals surface area contributed by atoms with Crippen molar-refractivity contribution >= 4 is 48.6 Å². The summed E-state index contributed by atoms with van der Waals surface area (Å²) in [5, 5.41) is 21.6. The molecule has 1 fully saturated rings. The van der Waals surface area contributed by atoms with E-state index in [0.717, 1.165) is 15.4 Å². The third-order valence-corrected chi connectivity index (χ3v) is 8.21. The normalized spacial score (nSPS) is 16.9. The number of nitrogens with zero attached hydrogens (tertiary/aromatic N) is 2. The van der Waals surface area contributed by atoms with Crippen LogP contribution in [0.2, 0.25) is 0 Å². The van der Waals surface area contributed by atoms with Gasteiger partial charge in [0, 0.05) is 41.4 Å². The number of fused-ring (bicyclic) bond motifs is 1. The van der Waals surface area contributed by atoms with Gasteiger partial charge in [0.15, 0.2) is 6.10 Å². The highest BCUT2D eigenvalue weighted by molar-refractivity contribution is 9.10. The molecule has 1 aliphatic heterocycles. The van der Waals surface area contributed by atoms with Crippen LogP contribution in [0.25, 0.3) is 10.8 Å². The van der Waals surface area contributed by atoms with E-state index in [9.17, 15) is 31.5 Å². The Kier molecular flexibility index (Phi) is 9.13. The van der Waals surface area contributed by atoms with Gasteiger partial charge in [-0.3, -0.25) is 9.78 Å². The molecule has 1 saturated heterocycles. The molecule has 0 radical (unpaired) electrons. The summed E-state index contributed by atoms with van der Waals surface area (Å²) in [6.07, 6.45) is -2.65. The number of benzene rings is 2. The molecular formula is C24H23BrF3N3O6S. The number of alkyl halides is 3. The topological polar surface area (TPSA) is 137 Å². The van der Waals surface area contributed by atoms with Crippen molar-refractivity contribution in [1.82, 2.24) is 14.6 Å². The summed E-state index contributed by atoms with van der Waals surface area (Å²) in [6, 6.07) is 11.6. The first-order valence-corrected chi connectivity index (χ1v) is 13.3. The second-order valence-corrected chi connectivity index (χ2v) is 11.2. The zero-order chi connectivity index (χ0) is 28.3. The number of carboxylic acid groups (broad SMARTS) is 1. The maximum atomic E-state index is 13.3. The highest BCUT2D eigenvalue weighted by atomic mass is 79.9. The van der Waals surface area contributed by atoms with Crippen molar-refractivity contribution in [3.05, 3.63) is 70.5 Å². The van der Waals surface area contributed by atoms with Crippen molar-refractivity contribution in [2.24, 2.45) is 0 Å². The lowest BCUT2D eigenvalue weighted by Gasteiger charge is -2.19. The highest BCUT2D eigenvalue weighted by Crippen LogP contribution is 2.29. The Bertz CT molecular complexity index is 1430. The number of aryl methyl sites for hydroxylation is 1. The molecule has 38 heavy (non-hydrogen) atoms. The van der Waals surface area contributed by atoms with Crippen LogP contribution in [0.5, 0.6) is 0 Å². The number of carbonyl (C=O) groups excluding carboxylic acids is 1. The maximum absolute atomic E-state index is 13.3. The fourth-order valence-corrected chi connectivity index (χ4v) is 5.77. The monoisotopic (exact) mass is 617 g/mol. The van der Waals surface area contributed by atoms with Gasteiger partial charge in [0.2, 0.25) is 10.0 Å². The minimum atomic E-state index is -5.08. The summed E-state index contributed by atoms with van der Waals surface area (Å²) in [5.41, 5.74) is 1.38. The van der Waals surface area contributed by atoms with Gasteiger partial charge in [-0.1, -0.05) is 40.2 Å². The molecule has 2 aromatic carbocycles. The Labute approximate surface area is 224 Å². The second-order valence-electron chi connectivity index (χ2n) is 8.42. The van der Waals surface area contributed by atoms with Crippen LogP contribution in [-0.2, 0) is 19.6 Å². The molecule has 1 amide bonds. The molecule has 1 aromatic heterocycles. The molecule has 9 nitrogen and oxygen atoms in total. The molecular weight excluding hydrogens is 595 g/mol. The lowest BCUT2D eigenvalue weighted by molar-refractivity contribution is -0.192. The lowest BCUT2D eigenvalue weighted by atomic mass is 10.1. The van der Waals surface area contributed by atoms with Gasteiger partial charge in [0.25, 0.3) is 5.91 Å². The Morgan fingerprint density at radius 2 is 1.76 bits per heavy atom. The molecule has 0 saturated carbocycles. The summed E-state index contributed by atoms with van der Waals surface area (Å²) < 4.78 is 60.6. The van der Waals surface area contributed by atoms with Gasteiger partial charge in [0.05, 0.1) is 4.90 Å². The zero-order valence-electron chi connectivity index (χ0n) is 19.8. The van der Waals surface area contributed by atoms with Gasteiger partial charge >= 0.3 is 12.1 Å². The molecule has 14 heteroatoms. The number of aliphatic hydroxyl groups is 1. The summed E-state index contributed by atoms with van der Waals surface area (Å²) in [6.45, 7) is 2.33. The first-order valence-electron chi connectivity index (χ1n) is 11.1. The standard InChI is InChI=1S/C22H22BrN3O4S.C2HF3O2/c1-14-11-24-12-19-18(14)3-2-4-20(19)31(29,30)26-10-9-17(13-26)25-22(28)21(27)15-5-7-16(23)8-6-15;3-2(4,5)1(6)7/h2-8,11-12,17,21,27H,9-10,13H2,1H3,(H,25,28);(H,6,7)/t17-,21?;/m1./s1. The third kappa shape index (κ3) is 6.87. The molecule has 3 aromatic rings. The average Bonchev–Trinajstić information content (AvgIpc) is 3.33. The molecule has 1 aliphatic rings. The molecule has 2 atom stereocenters. The van der Waals surface area contributed by atoms with Gasteiger partial charge in [-0.25, -0.2) is 13.2 Å². The molecule has 4 rings (SSSR count). The summed E-state index contributed by atoms with van der Waals surface area (Å²) in [7, 11) is -3.75. The van der Waals surface area contributed by atoms with Gasteiger partial charge in [0.1, 0.15) is 0 Å². The minimum absolute atomic E-state index is 0.150. The number of hydrogen-bond donors (Lipinski definition) is 3. The Hall–Kier alpha value is -3.07. The van der Waals surface area contributed by atoms with Crippen LogP contribution in [0, 0.1) is 6.92 Å². The average molecular weight is 618 g/mol. The molecule has 1 unspecified atom stereocenters. The summed E-state index contributed by atoms with van der Waals surface area (Å²) in [4.78, 5) is 25.7. The number of pyridine rings is 1. The Balaban J connectivity index is 0.000000505. The predicted molar refractivity (Wildman–Crippen MR) is 135 cm³/mol. The quantitative estimate of drug-likeness (QED) is 0.398. The van der Waals surface area contributed by atoms with E-state index in [0.29, 0.717) is 17.4 Å². The van der Waals surface area contributed by atoms with Gasteiger partial charge in [-0.2, -0.15) is 17.5 Å². The number of aliphatic hydroxyl groups excluding tert-OH is 1. The first kappa shape index (κ1) is 29.5. The van der Waals surface area contributed by atoms with E-state index >= 15 is 0 Å². The zero-order valence-corrected chi connectivity index (χ0v) is 22.2. The fraction of sp³-hybridized carbons (Fsp3) is 0.292. The number of carbonyl (C=O) groups is 2. The fourth-order valence-electron chi connectivity index (χ4n) is 3.82. The summed E-state index contributed by atoms with van der Waals surface area (Å²) in [5.74, 6) is -3.30. The van der Waals surface area contributed by atoms with E-state index < -0.39 is 34.2 Å². The number of hydrogen-bond acceptors (Lipinski definition) is 6. The van der Waals surface area contributed by atoms with Crippen molar-refractivity contribution in [3.63, 3.8) is 0 Å². The van der Waals surface area contributed by atoms with Crippen LogP contribution in [0.4, 0.5) is 13.2 Å². The minimum Gasteiger partial charge on any atom is -0.475 e. The molecule has 204 valence electrons. The molecule has 2 heterocycles. The predicted octanol–water partition coefficient (Wildman–Crippen LogP) is 3.55. The molecule has 3 N–H and O–H groups in total. The Morgan fingerprint density at radius 1 is 1.13 bits per heavy atom. The van der Waals surface area contributed by atoms with E-state index in [1.165, 1.54) is 4.31 Å². The number of aliphatic carboxylic acids is 1.